The maximum Gasteiger partial charge on any atom is 0.0591 e. The van der Waals surface area contributed by atoms with Gasteiger partial charge in [-0.25, -0.2) is 0 Å². The Kier molecular flexibility index (Phi) is 9.56. The summed E-state index contributed by atoms with van der Waals surface area (Å²) in [6, 6.07) is 0. The molecule has 0 aliphatic heterocycles. The molecule has 0 bridgehead atoms. The van der Waals surface area contributed by atoms with Gasteiger partial charge in [0.2, 0.25) is 0 Å². The van der Waals surface area contributed by atoms with Crippen molar-refractivity contribution in [1.82, 2.24) is 5.32 Å². The molecule has 2 heteroatoms. The Hall–Kier alpha value is -0.780. The summed E-state index contributed by atoms with van der Waals surface area (Å²) in [7, 11) is 0. The topological polar surface area (TPSA) is 21.3 Å². The third kappa shape index (κ3) is 9.22. The summed E-state index contributed by atoms with van der Waals surface area (Å²) < 4.78 is 5.27. The van der Waals surface area contributed by atoms with Crippen LogP contribution in [0.1, 0.15) is 13.3 Å². The second-order valence-electron chi connectivity index (χ2n) is 2.29. The van der Waals surface area contributed by atoms with E-state index in [1.807, 2.05) is 13.0 Å². The van der Waals surface area contributed by atoms with Gasteiger partial charge in [0.25, 0.3) is 0 Å². The normalized spacial score (nSPS) is 8.75. The Bertz CT molecular complexity index is 155. The summed E-state index contributed by atoms with van der Waals surface area (Å²) >= 11 is 0. The molecule has 0 atom stereocenters. The van der Waals surface area contributed by atoms with Crippen LogP contribution in [0.2, 0.25) is 0 Å². The van der Waals surface area contributed by atoms with Gasteiger partial charge in [-0.05, 0) is 13.3 Å². The van der Waals surface area contributed by atoms with Gasteiger partial charge in [0.1, 0.15) is 0 Å². The van der Waals surface area contributed by atoms with Gasteiger partial charge in [-0.3, -0.25) is 0 Å². The quantitative estimate of drug-likeness (QED) is 0.349. The third-order valence-electron chi connectivity index (χ3n) is 1.28. The molecule has 12 heavy (non-hydrogen) atoms. The highest BCUT2D eigenvalue weighted by Gasteiger charge is 1.84. The lowest BCUT2D eigenvalue weighted by atomic mass is 10.4. The second kappa shape index (κ2) is 10.2. The number of rotatable bonds is 7. The Labute approximate surface area is 75.0 Å². The van der Waals surface area contributed by atoms with Crippen molar-refractivity contribution in [3.8, 4) is 11.8 Å². The number of nitrogens with one attached hydrogen (secondary N) is 1. The molecule has 0 spiro atoms. The van der Waals surface area contributed by atoms with Crippen LogP contribution in [0.25, 0.3) is 0 Å². The van der Waals surface area contributed by atoms with Crippen molar-refractivity contribution < 1.29 is 4.74 Å². The zero-order valence-electron chi connectivity index (χ0n) is 7.73. The van der Waals surface area contributed by atoms with Crippen LogP contribution in [0.5, 0.6) is 0 Å². The second-order valence-corrected chi connectivity index (χ2v) is 2.29. The van der Waals surface area contributed by atoms with Crippen molar-refractivity contribution in [1.29, 1.82) is 0 Å². The van der Waals surface area contributed by atoms with E-state index in [0.717, 1.165) is 32.7 Å². The van der Waals surface area contributed by atoms with Gasteiger partial charge in [0, 0.05) is 6.54 Å². The lowest BCUT2D eigenvalue weighted by Crippen LogP contribution is -2.20. The van der Waals surface area contributed by atoms with Crippen LogP contribution >= 0.6 is 0 Å². The van der Waals surface area contributed by atoms with Gasteiger partial charge < -0.3 is 10.1 Å². The molecule has 0 saturated heterocycles. The van der Waals surface area contributed by atoms with Crippen LogP contribution in [-0.2, 0) is 4.74 Å². The maximum atomic E-state index is 5.27. The van der Waals surface area contributed by atoms with E-state index in [0.29, 0.717) is 0 Å². The van der Waals surface area contributed by atoms with Gasteiger partial charge in [-0.15, -0.1) is 12.5 Å². The first-order valence-corrected chi connectivity index (χ1v) is 4.20. The fraction of sp³-hybridized carbons (Fsp3) is 0.600. The minimum Gasteiger partial charge on any atom is -0.380 e. The smallest absolute Gasteiger partial charge is 0.0591 e. The van der Waals surface area contributed by atoms with Gasteiger partial charge in [-0.1, -0.05) is 12.0 Å². The molecule has 0 rings (SSSR count). The summed E-state index contributed by atoms with van der Waals surface area (Å²) in [6.45, 7) is 8.58. The molecule has 1 N–H and O–H groups in total. The average molecular weight is 167 g/mol. The van der Waals surface area contributed by atoms with Crippen molar-refractivity contribution >= 4 is 0 Å². The minimum absolute atomic E-state index is 0.749. The highest BCUT2D eigenvalue weighted by molar-refractivity contribution is 4.96. The van der Waals surface area contributed by atoms with E-state index in [1.54, 1.807) is 0 Å². The fourth-order valence-corrected chi connectivity index (χ4v) is 0.652. The Balaban J connectivity index is 2.89. The molecule has 0 amide bonds. The molecule has 0 aliphatic carbocycles. The zero-order chi connectivity index (χ0) is 9.07. The van der Waals surface area contributed by atoms with E-state index in [2.05, 4.69) is 23.7 Å². The SMILES string of the molecule is C=CCCOCCNCC#CC. The van der Waals surface area contributed by atoms with E-state index >= 15 is 0 Å². The number of hydrogen-bond acceptors (Lipinski definition) is 2. The predicted molar refractivity (Wildman–Crippen MR) is 52.0 cm³/mol. The minimum atomic E-state index is 0.749. The van der Waals surface area contributed by atoms with Crippen molar-refractivity contribution in [3.05, 3.63) is 12.7 Å². The molecule has 0 heterocycles. The third-order valence-corrected chi connectivity index (χ3v) is 1.28. The number of hydrogen-bond donors (Lipinski definition) is 1. The van der Waals surface area contributed by atoms with Gasteiger partial charge in [0.15, 0.2) is 0 Å². The van der Waals surface area contributed by atoms with Gasteiger partial charge in [0.05, 0.1) is 19.8 Å². The van der Waals surface area contributed by atoms with E-state index in [-0.39, 0.29) is 0 Å². The lowest BCUT2D eigenvalue weighted by Gasteiger charge is -2.01. The number of ether oxygens (including phenoxy) is 1. The summed E-state index contributed by atoms with van der Waals surface area (Å²) in [4.78, 5) is 0. The van der Waals surface area contributed by atoms with Crippen LogP contribution in [0.15, 0.2) is 12.7 Å². The molecule has 68 valence electrons. The molecule has 0 radical (unpaired) electrons. The molecule has 2 nitrogen and oxygen atoms in total. The molecule has 0 aromatic carbocycles. The monoisotopic (exact) mass is 167 g/mol. The van der Waals surface area contributed by atoms with Crippen molar-refractivity contribution in [2.45, 2.75) is 13.3 Å². The van der Waals surface area contributed by atoms with Gasteiger partial charge >= 0.3 is 0 Å². The maximum absolute atomic E-state index is 5.27. The molecule has 0 aliphatic rings. The molecule has 0 fully saturated rings. The van der Waals surface area contributed by atoms with Crippen molar-refractivity contribution in [2.24, 2.45) is 0 Å². The van der Waals surface area contributed by atoms with Crippen molar-refractivity contribution in [3.63, 3.8) is 0 Å². The van der Waals surface area contributed by atoms with Gasteiger partial charge in [-0.2, -0.15) is 0 Å². The first-order valence-electron chi connectivity index (χ1n) is 4.20. The summed E-state index contributed by atoms with van der Waals surface area (Å²) in [5.74, 6) is 5.73. The van der Waals surface area contributed by atoms with Crippen LogP contribution in [0.3, 0.4) is 0 Å². The van der Waals surface area contributed by atoms with Crippen LogP contribution in [0.4, 0.5) is 0 Å². The lowest BCUT2D eigenvalue weighted by molar-refractivity contribution is 0.141. The molecule has 0 unspecified atom stereocenters. The Morgan fingerprint density at radius 3 is 3.00 bits per heavy atom. The van der Waals surface area contributed by atoms with Crippen LogP contribution in [0, 0.1) is 11.8 Å². The zero-order valence-corrected chi connectivity index (χ0v) is 7.73. The molecular formula is C10H17NO. The fourth-order valence-electron chi connectivity index (χ4n) is 0.652. The summed E-state index contributed by atoms with van der Waals surface area (Å²) in [6.07, 6.45) is 2.78. The molecule has 0 aromatic heterocycles. The van der Waals surface area contributed by atoms with E-state index in [4.69, 9.17) is 4.74 Å². The molecule has 0 aromatic rings. The Morgan fingerprint density at radius 2 is 2.33 bits per heavy atom. The standard InChI is InChI=1S/C10H17NO/c1-3-5-7-11-8-10-12-9-6-4-2/h4,11H,2,6-10H2,1H3. The summed E-state index contributed by atoms with van der Waals surface area (Å²) in [5, 5.41) is 3.14. The molecule has 0 saturated carbocycles. The van der Waals surface area contributed by atoms with Crippen molar-refractivity contribution in [2.75, 3.05) is 26.3 Å². The summed E-state index contributed by atoms with van der Waals surface area (Å²) in [5.41, 5.74) is 0. The first-order chi connectivity index (χ1) is 5.91. The highest BCUT2D eigenvalue weighted by atomic mass is 16.5. The Morgan fingerprint density at radius 1 is 1.50 bits per heavy atom. The highest BCUT2D eigenvalue weighted by Crippen LogP contribution is 1.81. The predicted octanol–water partition coefficient (Wildman–Crippen LogP) is 1.19. The largest absolute Gasteiger partial charge is 0.380 e. The average Bonchev–Trinajstić information content (AvgIpc) is 2.10. The molecular weight excluding hydrogens is 150 g/mol. The van der Waals surface area contributed by atoms with E-state index in [9.17, 15) is 0 Å². The van der Waals surface area contributed by atoms with E-state index in [1.165, 1.54) is 0 Å². The first kappa shape index (κ1) is 11.2. The van der Waals surface area contributed by atoms with Crippen LogP contribution in [-0.4, -0.2) is 26.3 Å². The van der Waals surface area contributed by atoms with E-state index < -0.39 is 0 Å². The van der Waals surface area contributed by atoms with Crippen LogP contribution < -0.4 is 5.32 Å².